The standard InChI is InChI=1S/C11H20N2O/c12-7-6-10-8-11(13-14-10)9-4-2-1-3-5-9/h9-10H,1-8,12H2. The van der Waals surface area contributed by atoms with Gasteiger partial charge in [-0.15, -0.1) is 0 Å². The fourth-order valence-electron chi connectivity index (χ4n) is 2.47. The fourth-order valence-corrected chi connectivity index (χ4v) is 2.47. The predicted octanol–water partition coefficient (Wildman–Crippen LogP) is 2.06. The molecular formula is C11H20N2O. The van der Waals surface area contributed by atoms with Crippen molar-refractivity contribution in [1.29, 1.82) is 0 Å². The SMILES string of the molecule is NCCC1CC(C2CCCCC2)=NO1. The maximum absolute atomic E-state index is 5.50. The molecule has 2 N–H and O–H groups in total. The zero-order valence-corrected chi connectivity index (χ0v) is 8.74. The van der Waals surface area contributed by atoms with Gasteiger partial charge in [0.05, 0.1) is 5.71 Å². The van der Waals surface area contributed by atoms with Gasteiger partial charge in [0.15, 0.2) is 0 Å². The molecule has 0 radical (unpaired) electrons. The van der Waals surface area contributed by atoms with Crippen molar-refractivity contribution in [3.63, 3.8) is 0 Å². The van der Waals surface area contributed by atoms with Crippen LogP contribution in [-0.2, 0) is 4.84 Å². The van der Waals surface area contributed by atoms with E-state index in [0.717, 1.165) is 12.8 Å². The molecule has 1 fully saturated rings. The lowest BCUT2D eigenvalue weighted by Gasteiger charge is -2.20. The Morgan fingerprint density at radius 1 is 1.29 bits per heavy atom. The van der Waals surface area contributed by atoms with E-state index in [1.165, 1.54) is 37.8 Å². The Balaban J connectivity index is 1.81. The summed E-state index contributed by atoms with van der Waals surface area (Å²) in [6.45, 7) is 0.706. The van der Waals surface area contributed by atoms with Gasteiger partial charge < -0.3 is 10.6 Å². The molecule has 1 saturated carbocycles. The highest BCUT2D eigenvalue weighted by atomic mass is 16.6. The molecule has 1 aliphatic heterocycles. The number of rotatable bonds is 3. The lowest BCUT2D eigenvalue weighted by atomic mass is 9.84. The summed E-state index contributed by atoms with van der Waals surface area (Å²) in [5.41, 5.74) is 6.81. The molecule has 80 valence electrons. The summed E-state index contributed by atoms with van der Waals surface area (Å²) in [5, 5.41) is 4.22. The molecule has 1 atom stereocenters. The third-order valence-electron chi connectivity index (χ3n) is 3.32. The normalized spacial score (nSPS) is 28.6. The van der Waals surface area contributed by atoms with Gasteiger partial charge in [0.2, 0.25) is 0 Å². The van der Waals surface area contributed by atoms with Crippen molar-refractivity contribution in [2.45, 2.75) is 51.0 Å². The number of nitrogens with two attached hydrogens (primary N) is 1. The van der Waals surface area contributed by atoms with Crippen molar-refractivity contribution < 1.29 is 4.84 Å². The molecule has 1 aliphatic carbocycles. The Kier molecular flexibility index (Phi) is 3.40. The second-order valence-corrected chi connectivity index (χ2v) is 4.43. The van der Waals surface area contributed by atoms with E-state index in [0.29, 0.717) is 12.5 Å². The monoisotopic (exact) mass is 196 g/mol. The van der Waals surface area contributed by atoms with E-state index in [9.17, 15) is 0 Å². The van der Waals surface area contributed by atoms with Crippen LogP contribution in [0.15, 0.2) is 5.16 Å². The van der Waals surface area contributed by atoms with Crippen molar-refractivity contribution in [3.8, 4) is 0 Å². The fraction of sp³-hybridized carbons (Fsp3) is 0.909. The van der Waals surface area contributed by atoms with Crippen LogP contribution in [0.4, 0.5) is 0 Å². The van der Waals surface area contributed by atoms with Crippen molar-refractivity contribution in [2.24, 2.45) is 16.8 Å². The Bertz CT molecular complexity index is 209. The summed E-state index contributed by atoms with van der Waals surface area (Å²) < 4.78 is 0. The molecule has 3 heteroatoms. The first-order valence-corrected chi connectivity index (χ1v) is 5.83. The van der Waals surface area contributed by atoms with Gasteiger partial charge in [-0.1, -0.05) is 24.4 Å². The van der Waals surface area contributed by atoms with Gasteiger partial charge in [0.25, 0.3) is 0 Å². The van der Waals surface area contributed by atoms with Crippen LogP contribution in [0.2, 0.25) is 0 Å². The largest absolute Gasteiger partial charge is 0.392 e. The first-order valence-electron chi connectivity index (χ1n) is 5.83. The number of nitrogens with zero attached hydrogens (tertiary/aromatic N) is 1. The van der Waals surface area contributed by atoms with E-state index in [-0.39, 0.29) is 6.10 Å². The molecule has 0 amide bonds. The Morgan fingerprint density at radius 3 is 2.79 bits per heavy atom. The van der Waals surface area contributed by atoms with E-state index >= 15 is 0 Å². The first-order chi connectivity index (χ1) is 6.90. The number of oxime groups is 1. The van der Waals surface area contributed by atoms with Gasteiger partial charge >= 0.3 is 0 Å². The van der Waals surface area contributed by atoms with E-state index in [1.54, 1.807) is 0 Å². The molecule has 2 aliphatic rings. The molecular weight excluding hydrogens is 176 g/mol. The van der Waals surface area contributed by atoms with Gasteiger partial charge in [-0.3, -0.25) is 0 Å². The van der Waals surface area contributed by atoms with Crippen molar-refractivity contribution >= 4 is 5.71 Å². The molecule has 1 heterocycles. The van der Waals surface area contributed by atoms with Crippen molar-refractivity contribution in [2.75, 3.05) is 6.54 Å². The molecule has 2 rings (SSSR count). The highest BCUT2D eigenvalue weighted by molar-refractivity contribution is 5.87. The highest BCUT2D eigenvalue weighted by Gasteiger charge is 2.27. The summed E-state index contributed by atoms with van der Waals surface area (Å²) in [5.74, 6) is 0.714. The van der Waals surface area contributed by atoms with Crippen molar-refractivity contribution in [3.05, 3.63) is 0 Å². The van der Waals surface area contributed by atoms with Crippen LogP contribution >= 0.6 is 0 Å². The van der Waals surface area contributed by atoms with E-state index in [1.807, 2.05) is 0 Å². The van der Waals surface area contributed by atoms with Crippen LogP contribution < -0.4 is 5.73 Å². The maximum Gasteiger partial charge on any atom is 0.134 e. The average molecular weight is 196 g/mol. The lowest BCUT2D eigenvalue weighted by Crippen LogP contribution is -2.19. The molecule has 0 aromatic rings. The van der Waals surface area contributed by atoms with Crippen LogP contribution in [-0.4, -0.2) is 18.4 Å². The third kappa shape index (κ3) is 2.27. The summed E-state index contributed by atoms with van der Waals surface area (Å²) in [7, 11) is 0. The zero-order chi connectivity index (χ0) is 9.80. The Hall–Kier alpha value is -0.570. The Morgan fingerprint density at radius 2 is 2.07 bits per heavy atom. The van der Waals surface area contributed by atoms with Crippen LogP contribution in [0.25, 0.3) is 0 Å². The number of hydrogen-bond donors (Lipinski definition) is 1. The molecule has 1 unspecified atom stereocenters. The van der Waals surface area contributed by atoms with Gasteiger partial charge in [0.1, 0.15) is 6.10 Å². The zero-order valence-electron chi connectivity index (χ0n) is 8.74. The minimum Gasteiger partial charge on any atom is -0.392 e. The molecule has 3 nitrogen and oxygen atoms in total. The Labute approximate surface area is 85.7 Å². The molecule has 0 aromatic heterocycles. The van der Waals surface area contributed by atoms with Crippen LogP contribution in [0.1, 0.15) is 44.9 Å². The second kappa shape index (κ2) is 4.78. The molecule has 0 bridgehead atoms. The van der Waals surface area contributed by atoms with E-state index in [4.69, 9.17) is 10.6 Å². The van der Waals surface area contributed by atoms with E-state index in [2.05, 4.69) is 5.16 Å². The van der Waals surface area contributed by atoms with Gasteiger partial charge in [-0.05, 0) is 25.8 Å². The highest BCUT2D eigenvalue weighted by Crippen LogP contribution is 2.29. The van der Waals surface area contributed by atoms with Gasteiger partial charge in [-0.2, -0.15) is 0 Å². The van der Waals surface area contributed by atoms with Gasteiger partial charge in [0, 0.05) is 12.3 Å². The maximum atomic E-state index is 5.50. The molecule has 0 saturated heterocycles. The summed E-state index contributed by atoms with van der Waals surface area (Å²) >= 11 is 0. The summed E-state index contributed by atoms with van der Waals surface area (Å²) in [6.07, 6.45) is 9.02. The lowest BCUT2D eigenvalue weighted by molar-refractivity contribution is 0.0809. The average Bonchev–Trinajstić information content (AvgIpc) is 2.68. The minimum absolute atomic E-state index is 0.275. The molecule has 0 aromatic carbocycles. The summed E-state index contributed by atoms with van der Waals surface area (Å²) in [6, 6.07) is 0. The van der Waals surface area contributed by atoms with Gasteiger partial charge in [-0.25, -0.2) is 0 Å². The minimum atomic E-state index is 0.275. The topological polar surface area (TPSA) is 47.6 Å². The third-order valence-corrected chi connectivity index (χ3v) is 3.32. The second-order valence-electron chi connectivity index (χ2n) is 4.43. The molecule has 14 heavy (non-hydrogen) atoms. The molecule has 0 spiro atoms. The number of hydrogen-bond acceptors (Lipinski definition) is 3. The van der Waals surface area contributed by atoms with Crippen molar-refractivity contribution in [1.82, 2.24) is 0 Å². The first kappa shape index (κ1) is 9.97. The van der Waals surface area contributed by atoms with Crippen LogP contribution in [0, 0.1) is 5.92 Å². The van der Waals surface area contributed by atoms with E-state index < -0.39 is 0 Å². The van der Waals surface area contributed by atoms with Crippen LogP contribution in [0.3, 0.4) is 0 Å². The quantitative estimate of drug-likeness (QED) is 0.751. The predicted molar refractivity (Wildman–Crippen MR) is 57.2 cm³/mol. The van der Waals surface area contributed by atoms with Crippen LogP contribution in [0.5, 0.6) is 0 Å². The summed E-state index contributed by atoms with van der Waals surface area (Å²) in [4.78, 5) is 5.37. The smallest absolute Gasteiger partial charge is 0.134 e.